The lowest BCUT2D eigenvalue weighted by Crippen LogP contribution is -2.23. The molecular weight excluding hydrogens is 356 g/mol. The molecule has 3 rings (SSSR count). The third kappa shape index (κ3) is 4.03. The van der Waals surface area contributed by atoms with Gasteiger partial charge in [0.05, 0.1) is 21.3 Å². The number of benzene rings is 1. The van der Waals surface area contributed by atoms with Crippen LogP contribution in [0.5, 0.6) is 0 Å². The number of hydrogen-bond donors (Lipinski definition) is 1. The van der Waals surface area contributed by atoms with Crippen molar-refractivity contribution in [3.05, 3.63) is 60.3 Å². The number of hydrogen-bond acceptors (Lipinski definition) is 4. The third-order valence-electron chi connectivity index (χ3n) is 3.56. The number of nitrogens with zero attached hydrogens (tertiary/aromatic N) is 3. The molecule has 1 atom stereocenters. The molecule has 1 unspecified atom stereocenters. The van der Waals surface area contributed by atoms with Gasteiger partial charge in [-0.1, -0.05) is 41.6 Å². The van der Waals surface area contributed by atoms with E-state index in [2.05, 4.69) is 26.4 Å². The Bertz CT molecular complexity index is 907. The fourth-order valence-corrected chi connectivity index (χ4v) is 3.38. The molecule has 0 spiro atoms. The number of pyridine rings is 1. The van der Waals surface area contributed by atoms with Gasteiger partial charge in [0.15, 0.2) is 5.16 Å². The number of carbonyl (C=O) groups excluding carboxylic acids is 1. The molecule has 2 heterocycles. The van der Waals surface area contributed by atoms with Crippen LogP contribution >= 0.6 is 23.4 Å². The number of rotatable bonds is 6. The van der Waals surface area contributed by atoms with Gasteiger partial charge in [0, 0.05) is 12.7 Å². The van der Waals surface area contributed by atoms with Crippen LogP contribution in [-0.4, -0.2) is 25.7 Å². The molecule has 1 aromatic carbocycles. The van der Waals surface area contributed by atoms with Crippen molar-refractivity contribution in [2.24, 2.45) is 0 Å². The van der Waals surface area contributed by atoms with Gasteiger partial charge in [0.25, 0.3) is 0 Å². The van der Waals surface area contributed by atoms with E-state index in [0.717, 1.165) is 16.2 Å². The Morgan fingerprint density at radius 2 is 2.20 bits per heavy atom. The topological polar surface area (TPSA) is 59.8 Å². The summed E-state index contributed by atoms with van der Waals surface area (Å²) in [4.78, 5) is 21.1. The van der Waals surface area contributed by atoms with Crippen LogP contribution in [0.1, 0.15) is 6.92 Å². The first-order valence-corrected chi connectivity index (χ1v) is 8.99. The smallest absolute Gasteiger partial charge is 0.238 e. The minimum atomic E-state index is -0.335. The van der Waals surface area contributed by atoms with Crippen molar-refractivity contribution in [3.63, 3.8) is 0 Å². The number of fused-ring (bicyclic) bond motifs is 1. The van der Waals surface area contributed by atoms with E-state index in [-0.39, 0.29) is 11.2 Å². The molecule has 0 aliphatic heterocycles. The van der Waals surface area contributed by atoms with E-state index >= 15 is 0 Å². The van der Waals surface area contributed by atoms with Crippen molar-refractivity contribution >= 4 is 46.1 Å². The van der Waals surface area contributed by atoms with Gasteiger partial charge in [-0.2, -0.15) is 0 Å². The van der Waals surface area contributed by atoms with Crippen LogP contribution in [0.3, 0.4) is 0 Å². The van der Waals surface area contributed by atoms with Crippen LogP contribution in [0.25, 0.3) is 11.0 Å². The minimum Gasteiger partial charge on any atom is -0.315 e. The Labute approximate surface area is 155 Å². The van der Waals surface area contributed by atoms with Gasteiger partial charge in [0.1, 0.15) is 5.82 Å². The zero-order valence-corrected chi connectivity index (χ0v) is 15.2. The Morgan fingerprint density at radius 1 is 1.40 bits per heavy atom. The third-order valence-corrected chi connectivity index (χ3v) is 4.87. The van der Waals surface area contributed by atoms with Gasteiger partial charge >= 0.3 is 0 Å². The quantitative estimate of drug-likeness (QED) is 0.515. The number of halogens is 1. The second-order valence-electron chi connectivity index (χ2n) is 5.39. The van der Waals surface area contributed by atoms with Crippen LogP contribution in [0.4, 0.5) is 5.82 Å². The zero-order valence-electron chi connectivity index (χ0n) is 13.6. The van der Waals surface area contributed by atoms with E-state index in [1.165, 1.54) is 18.0 Å². The first kappa shape index (κ1) is 17.5. The average molecular weight is 373 g/mol. The van der Waals surface area contributed by atoms with Crippen LogP contribution in [-0.2, 0) is 11.3 Å². The number of thioether (sulfide) groups is 1. The van der Waals surface area contributed by atoms with Crippen molar-refractivity contribution in [1.82, 2.24) is 14.5 Å². The molecular formula is C18H17ClN4OS. The van der Waals surface area contributed by atoms with E-state index in [1.807, 2.05) is 37.3 Å². The summed E-state index contributed by atoms with van der Waals surface area (Å²) in [5.41, 5.74) is 1.93. The summed E-state index contributed by atoms with van der Waals surface area (Å²) in [5.74, 6) is 0.332. The van der Waals surface area contributed by atoms with Crippen molar-refractivity contribution in [2.75, 3.05) is 5.32 Å². The van der Waals surface area contributed by atoms with Crippen LogP contribution in [0.15, 0.2) is 60.4 Å². The fourth-order valence-electron chi connectivity index (χ4n) is 2.34. The van der Waals surface area contributed by atoms with Gasteiger partial charge in [-0.15, -0.1) is 6.58 Å². The lowest BCUT2D eigenvalue weighted by atomic mass is 10.3. The molecule has 1 N–H and O–H groups in total. The van der Waals surface area contributed by atoms with E-state index in [0.29, 0.717) is 17.4 Å². The summed E-state index contributed by atoms with van der Waals surface area (Å²) < 4.78 is 2.05. The van der Waals surface area contributed by atoms with E-state index < -0.39 is 0 Å². The molecule has 25 heavy (non-hydrogen) atoms. The molecule has 0 saturated carbocycles. The maximum Gasteiger partial charge on any atom is 0.238 e. The molecule has 5 nitrogen and oxygen atoms in total. The van der Waals surface area contributed by atoms with Gasteiger partial charge in [-0.25, -0.2) is 9.97 Å². The number of carbonyl (C=O) groups is 1. The van der Waals surface area contributed by atoms with E-state index in [9.17, 15) is 4.79 Å². The molecule has 0 bridgehead atoms. The van der Waals surface area contributed by atoms with Crippen LogP contribution in [0.2, 0.25) is 5.02 Å². The molecule has 0 fully saturated rings. The normalized spacial score (nSPS) is 12.1. The number of amides is 1. The Morgan fingerprint density at radius 3 is 2.92 bits per heavy atom. The van der Waals surface area contributed by atoms with Gasteiger partial charge in [0.2, 0.25) is 5.91 Å². The van der Waals surface area contributed by atoms with E-state index in [1.54, 1.807) is 12.1 Å². The second-order valence-corrected chi connectivity index (χ2v) is 7.14. The summed E-state index contributed by atoms with van der Waals surface area (Å²) in [6.45, 7) is 6.28. The van der Waals surface area contributed by atoms with Crippen molar-refractivity contribution in [1.29, 1.82) is 0 Å². The summed E-state index contributed by atoms with van der Waals surface area (Å²) >= 11 is 7.21. The second kappa shape index (κ2) is 7.72. The molecule has 1 amide bonds. The Kier molecular flexibility index (Phi) is 5.40. The van der Waals surface area contributed by atoms with Crippen LogP contribution in [0, 0.1) is 0 Å². The van der Waals surface area contributed by atoms with Crippen molar-refractivity contribution in [2.45, 2.75) is 23.9 Å². The summed E-state index contributed by atoms with van der Waals surface area (Å²) in [6.07, 6.45) is 3.32. The number of nitrogens with one attached hydrogen (secondary N) is 1. The first-order chi connectivity index (χ1) is 12.1. The highest BCUT2D eigenvalue weighted by Gasteiger charge is 2.19. The van der Waals surface area contributed by atoms with Gasteiger partial charge in [-0.05, 0) is 31.2 Å². The molecule has 128 valence electrons. The minimum absolute atomic E-state index is 0.142. The van der Waals surface area contributed by atoms with E-state index in [4.69, 9.17) is 11.6 Å². The van der Waals surface area contributed by atoms with Crippen LogP contribution < -0.4 is 5.32 Å². The lowest BCUT2D eigenvalue weighted by Gasteiger charge is -2.12. The number of allylic oxidation sites excluding steroid dienone is 1. The summed E-state index contributed by atoms with van der Waals surface area (Å²) in [7, 11) is 0. The molecule has 0 saturated heterocycles. The standard InChI is InChI=1S/C18H17ClN4OS/c1-3-10-23-15-7-5-4-6-14(15)21-18(23)25-12(2)17(24)22-16-9-8-13(19)11-20-16/h3-9,11-12H,1,10H2,2H3,(H,20,22,24). The molecule has 3 aromatic rings. The zero-order chi connectivity index (χ0) is 17.8. The summed E-state index contributed by atoms with van der Waals surface area (Å²) in [5, 5.41) is 3.76. The Balaban J connectivity index is 1.77. The maximum atomic E-state index is 12.4. The fraction of sp³-hybridized carbons (Fsp3) is 0.167. The Hall–Kier alpha value is -2.31. The number of imidazole rings is 1. The van der Waals surface area contributed by atoms with Crippen molar-refractivity contribution in [3.8, 4) is 0 Å². The number of aromatic nitrogens is 3. The number of anilines is 1. The molecule has 0 aliphatic rings. The number of para-hydroxylation sites is 2. The molecule has 7 heteroatoms. The highest BCUT2D eigenvalue weighted by Crippen LogP contribution is 2.28. The largest absolute Gasteiger partial charge is 0.315 e. The maximum absolute atomic E-state index is 12.4. The SMILES string of the molecule is C=CCn1c(SC(C)C(=O)Nc2ccc(Cl)cn2)nc2ccccc21. The van der Waals surface area contributed by atoms with Gasteiger partial charge < -0.3 is 9.88 Å². The molecule has 2 aromatic heterocycles. The predicted molar refractivity (Wildman–Crippen MR) is 103 cm³/mol. The highest BCUT2D eigenvalue weighted by atomic mass is 35.5. The lowest BCUT2D eigenvalue weighted by molar-refractivity contribution is -0.115. The first-order valence-electron chi connectivity index (χ1n) is 7.73. The predicted octanol–water partition coefficient (Wildman–Crippen LogP) is 4.39. The van der Waals surface area contributed by atoms with Crippen molar-refractivity contribution < 1.29 is 4.79 Å². The highest BCUT2D eigenvalue weighted by molar-refractivity contribution is 8.00. The average Bonchev–Trinajstić information content (AvgIpc) is 2.95. The monoisotopic (exact) mass is 372 g/mol. The molecule has 0 radical (unpaired) electrons. The molecule has 0 aliphatic carbocycles. The summed E-state index contributed by atoms with van der Waals surface area (Å²) in [6, 6.07) is 11.3. The van der Waals surface area contributed by atoms with Gasteiger partial charge in [-0.3, -0.25) is 4.79 Å².